The molecule has 0 spiro atoms. The fourth-order valence-electron chi connectivity index (χ4n) is 4.27. The van der Waals surface area contributed by atoms with Crippen molar-refractivity contribution in [3.05, 3.63) is 59.7 Å². The van der Waals surface area contributed by atoms with E-state index < -0.39 is 8.07 Å². The maximum absolute atomic E-state index is 11.2. The van der Waals surface area contributed by atoms with Gasteiger partial charge in [-0.1, -0.05) is 124 Å². The summed E-state index contributed by atoms with van der Waals surface area (Å²) in [6.07, 6.45) is 10.6. The molecular formula is C27H40O3Si. The Morgan fingerprint density at radius 3 is 2.00 bits per heavy atom. The van der Waals surface area contributed by atoms with Crippen molar-refractivity contribution in [2.24, 2.45) is 0 Å². The van der Waals surface area contributed by atoms with Gasteiger partial charge in [0.1, 0.15) is 14.7 Å². The zero-order valence-electron chi connectivity index (χ0n) is 19.7. The molecule has 0 aliphatic carbocycles. The van der Waals surface area contributed by atoms with Crippen LogP contribution in [0.4, 0.5) is 0 Å². The Bertz CT molecular complexity index is 805. The Balaban J connectivity index is 2.15. The third-order valence-corrected chi connectivity index (χ3v) is 10.8. The summed E-state index contributed by atoms with van der Waals surface area (Å²) in [6, 6.07) is 18.3. The molecule has 1 N–H and O–H groups in total. The van der Waals surface area contributed by atoms with Crippen molar-refractivity contribution < 1.29 is 14.6 Å². The largest absolute Gasteiger partial charge is 0.461 e. The number of carbonyl (C=O) groups is 1. The number of aliphatic hydroxyl groups is 1. The van der Waals surface area contributed by atoms with Crippen molar-refractivity contribution in [2.75, 3.05) is 0 Å². The molecule has 0 aliphatic rings. The second kappa shape index (κ2) is 13.5. The van der Waals surface area contributed by atoms with E-state index in [4.69, 9.17) is 4.74 Å². The number of carbonyl (C=O) groups excluding carboxylic acids is 1. The van der Waals surface area contributed by atoms with Crippen LogP contribution in [0.15, 0.2) is 48.5 Å². The minimum Gasteiger partial charge on any atom is -0.461 e. The lowest BCUT2D eigenvalue weighted by atomic mass is 10.1. The highest BCUT2D eigenvalue weighted by Crippen LogP contribution is 2.19. The molecule has 0 saturated carbocycles. The maximum atomic E-state index is 11.2. The van der Waals surface area contributed by atoms with Crippen LogP contribution in [0.25, 0.3) is 0 Å². The summed E-state index contributed by atoms with van der Waals surface area (Å²) in [4.78, 5) is 11.2. The van der Waals surface area contributed by atoms with Gasteiger partial charge >= 0.3 is 5.97 Å². The SMILES string of the molecule is CCCCCCCCCC[Si](C)(c1cccc(CO)c1)c1cccc(COC(C)=O)c1. The van der Waals surface area contributed by atoms with Crippen LogP contribution < -0.4 is 10.4 Å². The number of rotatable bonds is 14. The maximum Gasteiger partial charge on any atom is 0.302 e. The van der Waals surface area contributed by atoms with E-state index in [0.717, 1.165) is 11.1 Å². The van der Waals surface area contributed by atoms with E-state index in [1.165, 1.54) is 74.7 Å². The van der Waals surface area contributed by atoms with Gasteiger partial charge in [-0.2, -0.15) is 0 Å². The lowest BCUT2D eigenvalue weighted by Crippen LogP contribution is -2.55. The molecule has 3 nitrogen and oxygen atoms in total. The number of esters is 1. The average molecular weight is 441 g/mol. The molecule has 0 radical (unpaired) electrons. The molecule has 0 bridgehead atoms. The lowest BCUT2D eigenvalue weighted by Gasteiger charge is -2.30. The first-order valence-electron chi connectivity index (χ1n) is 11.9. The Morgan fingerprint density at radius 1 is 0.871 bits per heavy atom. The standard InChI is InChI=1S/C27H40O3Si/c1-4-5-6-7-8-9-10-11-18-31(3,26-16-12-14-24(19-26)21-28)27-17-13-15-25(20-27)22-30-23(2)29/h12-17,19-20,28H,4-11,18,21-22H2,1-3H3. The van der Waals surface area contributed by atoms with Gasteiger partial charge in [0.25, 0.3) is 0 Å². The van der Waals surface area contributed by atoms with Crippen LogP contribution in [-0.4, -0.2) is 19.1 Å². The van der Waals surface area contributed by atoms with Gasteiger partial charge < -0.3 is 9.84 Å². The summed E-state index contributed by atoms with van der Waals surface area (Å²) in [6.45, 7) is 6.55. The van der Waals surface area contributed by atoms with Crippen molar-refractivity contribution in [3.8, 4) is 0 Å². The molecule has 2 aromatic rings. The lowest BCUT2D eigenvalue weighted by molar-refractivity contribution is -0.142. The van der Waals surface area contributed by atoms with Crippen molar-refractivity contribution in [1.82, 2.24) is 0 Å². The van der Waals surface area contributed by atoms with E-state index in [0.29, 0.717) is 6.61 Å². The van der Waals surface area contributed by atoms with Gasteiger partial charge in [-0.3, -0.25) is 4.79 Å². The summed E-state index contributed by atoms with van der Waals surface area (Å²) < 4.78 is 5.23. The van der Waals surface area contributed by atoms with Crippen molar-refractivity contribution in [2.45, 2.75) is 91.0 Å². The monoisotopic (exact) mass is 440 g/mol. The van der Waals surface area contributed by atoms with Gasteiger partial charge in [0.2, 0.25) is 0 Å². The van der Waals surface area contributed by atoms with Crippen molar-refractivity contribution in [1.29, 1.82) is 0 Å². The van der Waals surface area contributed by atoms with Gasteiger partial charge in [0, 0.05) is 6.92 Å². The average Bonchev–Trinajstić information content (AvgIpc) is 2.79. The van der Waals surface area contributed by atoms with Crippen LogP contribution in [0, 0.1) is 0 Å². The molecule has 170 valence electrons. The Hall–Kier alpha value is -1.91. The number of ether oxygens (including phenoxy) is 1. The summed E-state index contributed by atoms with van der Waals surface area (Å²) in [5.41, 5.74) is 2.02. The molecule has 2 rings (SSSR count). The van der Waals surface area contributed by atoms with E-state index in [2.05, 4.69) is 49.9 Å². The minimum atomic E-state index is -1.97. The van der Waals surface area contributed by atoms with Gasteiger partial charge in [-0.05, 0) is 17.2 Å². The number of aliphatic hydroxyl groups excluding tert-OH is 1. The molecule has 31 heavy (non-hydrogen) atoms. The highest BCUT2D eigenvalue weighted by Gasteiger charge is 2.31. The third-order valence-electron chi connectivity index (χ3n) is 6.28. The van der Waals surface area contributed by atoms with Gasteiger partial charge in [-0.25, -0.2) is 0 Å². The van der Waals surface area contributed by atoms with Crippen LogP contribution in [0.1, 0.15) is 76.3 Å². The van der Waals surface area contributed by atoms with Crippen LogP contribution in [0.2, 0.25) is 12.6 Å². The summed E-state index contributed by atoms with van der Waals surface area (Å²) >= 11 is 0. The molecule has 0 saturated heterocycles. The second-order valence-corrected chi connectivity index (χ2v) is 13.2. The second-order valence-electron chi connectivity index (χ2n) is 8.90. The predicted octanol–water partition coefficient (Wildman–Crippen LogP) is 5.58. The summed E-state index contributed by atoms with van der Waals surface area (Å²) in [5, 5.41) is 12.4. The minimum absolute atomic E-state index is 0.0720. The van der Waals surface area contributed by atoms with Gasteiger partial charge in [-0.15, -0.1) is 0 Å². The normalized spacial score (nSPS) is 13.0. The molecule has 0 heterocycles. The van der Waals surface area contributed by atoms with Crippen LogP contribution in [0.3, 0.4) is 0 Å². The number of hydrogen-bond acceptors (Lipinski definition) is 3. The van der Waals surface area contributed by atoms with Crippen molar-refractivity contribution >= 4 is 24.4 Å². The number of benzene rings is 2. The first-order valence-corrected chi connectivity index (χ1v) is 14.6. The third kappa shape index (κ3) is 8.27. The van der Waals surface area contributed by atoms with Crippen LogP contribution in [0.5, 0.6) is 0 Å². The van der Waals surface area contributed by atoms with E-state index in [-0.39, 0.29) is 12.6 Å². The van der Waals surface area contributed by atoms with E-state index in [1.54, 1.807) is 0 Å². The highest BCUT2D eigenvalue weighted by atomic mass is 28.3. The molecule has 2 aromatic carbocycles. The summed E-state index contributed by atoms with van der Waals surface area (Å²) in [5.74, 6) is -0.250. The predicted molar refractivity (Wildman–Crippen MR) is 133 cm³/mol. The zero-order valence-corrected chi connectivity index (χ0v) is 20.7. The Labute approximate surface area is 189 Å². The Morgan fingerprint density at radius 2 is 1.42 bits per heavy atom. The smallest absolute Gasteiger partial charge is 0.302 e. The summed E-state index contributed by atoms with van der Waals surface area (Å²) in [7, 11) is -1.97. The first kappa shape index (κ1) is 25.3. The van der Waals surface area contributed by atoms with E-state index in [1.807, 2.05) is 12.1 Å². The molecule has 1 atom stereocenters. The molecular weight excluding hydrogens is 400 g/mol. The van der Waals surface area contributed by atoms with E-state index in [9.17, 15) is 9.90 Å². The molecule has 0 amide bonds. The number of unbranched alkanes of at least 4 members (excludes halogenated alkanes) is 7. The van der Waals surface area contributed by atoms with Gasteiger partial charge in [0.05, 0.1) is 6.61 Å². The zero-order chi connectivity index (χ0) is 22.5. The van der Waals surface area contributed by atoms with Crippen LogP contribution in [-0.2, 0) is 22.7 Å². The topological polar surface area (TPSA) is 46.5 Å². The first-order chi connectivity index (χ1) is 15.0. The molecule has 1 unspecified atom stereocenters. The van der Waals surface area contributed by atoms with E-state index >= 15 is 0 Å². The van der Waals surface area contributed by atoms with Crippen molar-refractivity contribution in [3.63, 3.8) is 0 Å². The highest BCUT2D eigenvalue weighted by molar-refractivity contribution is 7.01. The number of hydrogen-bond donors (Lipinski definition) is 1. The van der Waals surface area contributed by atoms with Crippen LogP contribution >= 0.6 is 0 Å². The molecule has 0 aromatic heterocycles. The molecule has 0 fully saturated rings. The molecule has 4 heteroatoms. The Kier molecular flexibility index (Phi) is 11.0. The van der Waals surface area contributed by atoms with Gasteiger partial charge in [0.15, 0.2) is 0 Å². The fraction of sp³-hybridized carbons (Fsp3) is 0.519. The quantitative estimate of drug-likeness (QED) is 0.237. The molecule has 0 aliphatic heterocycles. The fourth-order valence-corrected chi connectivity index (χ4v) is 8.07.